The molecule has 1 aromatic carbocycles. The van der Waals surface area contributed by atoms with Crippen LogP contribution in [0.15, 0.2) is 35.4 Å². The molecule has 4 heterocycles. The Morgan fingerprint density at radius 1 is 1.28 bits per heavy atom. The van der Waals surface area contributed by atoms with Crippen molar-refractivity contribution < 1.29 is 28.9 Å². The van der Waals surface area contributed by atoms with Crippen molar-refractivity contribution in [2.24, 2.45) is 0 Å². The summed E-state index contributed by atoms with van der Waals surface area (Å²) in [6, 6.07) is 6.52. The molecule has 0 saturated carbocycles. The number of hydrogen-bond acceptors (Lipinski definition) is 10. The summed E-state index contributed by atoms with van der Waals surface area (Å²) in [5, 5.41) is 27.9. The van der Waals surface area contributed by atoms with Gasteiger partial charge in [0, 0.05) is 18.2 Å². The van der Waals surface area contributed by atoms with E-state index in [1.54, 1.807) is 0 Å². The molecule has 0 bridgehead atoms. The fourth-order valence-corrected chi connectivity index (χ4v) is 5.12. The average Bonchev–Trinajstić information content (AvgIpc) is 2.90. The van der Waals surface area contributed by atoms with Gasteiger partial charge in [0.1, 0.15) is 29.4 Å². The number of anilines is 1. The van der Waals surface area contributed by atoms with Crippen LogP contribution in [0.5, 0.6) is 5.88 Å². The summed E-state index contributed by atoms with van der Waals surface area (Å²) in [5.41, 5.74) is 1.15. The van der Waals surface area contributed by atoms with Gasteiger partial charge in [-0.3, -0.25) is 4.79 Å². The summed E-state index contributed by atoms with van der Waals surface area (Å²) in [4.78, 5) is 25.5. The van der Waals surface area contributed by atoms with Crippen molar-refractivity contribution >= 4 is 34.5 Å². The predicted octanol–water partition coefficient (Wildman–Crippen LogP) is 1.95. The van der Waals surface area contributed by atoms with E-state index in [2.05, 4.69) is 25.6 Å². The topological polar surface area (TPSA) is 139 Å². The Bertz CT molecular complexity index is 1270. The molecule has 2 aromatic heterocycles. The molecule has 0 spiro atoms. The zero-order valence-electron chi connectivity index (χ0n) is 19.5. The maximum absolute atomic E-state index is 14.7. The molecule has 3 aromatic rings. The van der Waals surface area contributed by atoms with Crippen molar-refractivity contribution in [1.29, 1.82) is 0 Å². The molecule has 2 aliphatic rings. The number of carbonyl (C=O) groups is 1. The first kappa shape index (κ1) is 24.8. The Labute approximate surface area is 210 Å². The number of ether oxygens (including phenoxy) is 2. The third kappa shape index (κ3) is 5.13. The average molecular weight is 516 g/mol. The first-order valence-corrected chi connectivity index (χ1v) is 12.5. The summed E-state index contributed by atoms with van der Waals surface area (Å²) in [5.74, 6) is 0.387. The molecule has 2 aliphatic heterocycles. The molecule has 1 saturated heterocycles. The first-order chi connectivity index (χ1) is 17.4. The number of aromatic nitrogens is 3. The molecule has 0 unspecified atom stereocenters. The third-order valence-electron chi connectivity index (χ3n) is 6.30. The highest BCUT2D eigenvalue weighted by Crippen LogP contribution is 2.32. The van der Waals surface area contributed by atoms with Gasteiger partial charge in [-0.05, 0) is 37.1 Å². The van der Waals surface area contributed by atoms with E-state index in [4.69, 9.17) is 9.47 Å². The van der Waals surface area contributed by atoms with Gasteiger partial charge in [0.2, 0.25) is 11.8 Å². The zero-order chi connectivity index (χ0) is 25.2. The summed E-state index contributed by atoms with van der Waals surface area (Å²) >= 11 is 1.46. The molecular formula is C24H26FN5O5S. The number of nitrogens with one attached hydrogen (secondary N) is 2. The van der Waals surface area contributed by atoms with Crippen LogP contribution in [0.3, 0.4) is 0 Å². The smallest absolute Gasteiger partial charge is 0.235 e. The van der Waals surface area contributed by atoms with E-state index in [9.17, 15) is 19.4 Å². The highest BCUT2D eigenvalue weighted by Gasteiger charge is 2.35. The largest absolute Gasteiger partial charge is 0.480 e. The van der Waals surface area contributed by atoms with E-state index in [1.807, 2.05) is 12.1 Å². The van der Waals surface area contributed by atoms with Gasteiger partial charge in [0.05, 0.1) is 47.9 Å². The number of aliphatic hydroxyl groups is 2. The Kier molecular flexibility index (Phi) is 7.30. The van der Waals surface area contributed by atoms with Crippen LogP contribution in [0, 0.1) is 5.82 Å². The number of amides is 1. The van der Waals surface area contributed by atoms with Crippen molar-refractivity contribution in [3.05, 3.63) is 47.5 Å². The molecule has 190 valence electrons. The summed E-state index contributed by atoms with van der Waals surface area (Å²) in [7, 11) is 1.42. The first-order valence-electron chi connectivity index (χ1n) is 11.6. The highest BCUT2D eigenvalue weighted by molar-refractivity contribution is 8.00. The maximum atomic E-state index is 14.7. The minimum atomic E-state index is -1.56. The molecule has 4 atom stereocenters. The van der Waals surface area contributed by atoms with Crippen molar-refractivity contribution in [1.82, 2.24) is 20.3 Å². The molecular weight excluding hydrogens is 489 g/mol. The molecule has 5 rings (SSSR count). The van der Waals surface area contributed by atoms with Crippen LogP contribution in [0.4, 0.5) is 10.2 Å². The number of carbonyl (C=O) groups excluding carboxylic acids is 1. The second kappa shape index (κ2) is 10.6. The number of thioether (sulfide) groups is 1. The van der Waals surface area contributed by atoms with Crippen LogP contribution < -0.4 is 15.4 Å². The van der Waals surface area contributed by atoms with Crippen molar-refractivity contribution in [3.63, 3.8) is 0 Å². The number of hydrogen-bond donors (Lipinski definition) is 4. The van der Waals surface area contributed by atoms with Crippen LogP contribution in [-0.4, -0.2) is 68.8 Å². The molecule has 0 aliphatic carbocycles. The third-order valence-corrected chi connectivity index (χ3v) is 7.35. The van der Waals surface area contributed by atoms with Gasteiger partial charge >= 0.3 is 0 Å². The minimum Gasteiger partial charge on any atom is -0.480 e. The Balaban J connectivity index is 1.20. The minimum absolute atomic E-state index is 0.0109. The molecule has 10 nitrogen and oxygen atoms in total. The number of benzene rings is 1. The van der Waals surface area contributed by atoms with Crippen LogP contribution in [0.25, 0.3) is 11.0 Å². The summed E-state index contributed by atoms with van der Waals surface area (Å²) in [6.07, 6.45) is -1.06. The van der Waals surface area contributed by atoms with E-state index in [-0.39, 0.29) is 28.9 Å². The molecule has 1 amide bonds. The monoisotopic (exact) mass is 515 g/mol. The molecule has 0 radical (unpaired) electrons. The van der Waals surface area contributed by atoms with Crippen LogP contribution in [-0.2, 0) is 16.1 Å². The van der Waals surface area contributed by atoms with Gasteiger partial charge in [-0.25, -0.2) is 19.3 Å². The van der Waals surface area contributed by atoms with E-state index in [0.717, 1.165) is 10.6 Å². The van der Waals surface area contributed by atoms with Gasteiger partial charge in [-0.2, -0.15) is 0 Å². The standard InChI is InChI=1S/C24H26FN5O5S/c1-34-19-9-27-15-5-4-14(25)20(21(15)30-19)23(33)22(32)16-6-2-13(10-35-16)26-8-12-3-7-17-24(28-12)29-18(31)11-36-17/h3-5,7,9,13,16,22-23,26,32-33H,2,6,8,10-11H2,1H3,(H,28,29,31)/t13-,16+,22-,23-/m1/s1. The fraction of sp³-hybridized carbons (Fsp3) is 0.417. The number of halogens is 1. The summed E-state index contributed by atoms with van der Waals surface area (Å²) in [6.45, 7) is 0.789. The van der Waals surface area contributed by atoms with Crippen LogP contribution in [0.2, 0.25) is 0 Å². The van der Waals surface area contributed by atoms with Gasteiger partial charge < -0.3 is 30.3 Å². The SMILES string of the molecule is COc1cnc2ccc(F)c([C@@H](O)[C@H](O)[C@@H]3CC[C@@H](NCc4ccc5c(n4)NC(=O)CS5)CO3)c2n1. The van der Waals surface area contributed by atoms with E-state index in [1.165, 1.54) is 37.2 Å². The number of fused-ring (bicyclic) bond motifs is 2. The van der Waals surface area contributed by atoms with Crippen molar-refractivity contribution in [2.45, 2.75) is 48.6 Å². The lowest BCUT2D eigenvalue weighted by molar-refractivity contribution is -0.114. The zero-order valence-corrected chi connectivity index (χ0v) is 20.3. The number of nitrogens with zero attached hydrogens (tertiary/aromatic N) is 3. The number of methoxy groups -OCH3 is 1. The van der Waals surface area contributed by atoms with Gasteiger partial charge in [0.15, 0.2) is 0 Å². The quantitative estimate of drug-likeness (QED) is 0.369. The molecule has 36 heavy (non-hydrogen) atoms. The Morgan fingerprint density at radius 3 is 2.92 bits per heavy atom. The normalized spacial score (nSPS) is 21.5. The highest BCUT2D eigenvalue weighted by atomic mass is 32.2. The lowest BCUT2D eigenvalue weighted by Gasteiger charge is -2.34. The number of aliphatic hydroxyl groups excluding tert-OH is 2. The van der Waals surface area contributed by atoms with E-state index >= 15 is 0 Å². The van der Waals surface area contributed by atoms with Crippen LogP contribution >= 0.6 is 11.8 Å². The molecule has 4 N–H and O–H groups in total. The second-order valence-corrected chi connectivity index (χ2v) is 9.71. The van der Waals surface area contributed by atoms with Crippen molar-refractivity contribution in [3.8, 4) is 5.88 Å². The number of rotatable bonds is 7. The van der Waals surface area contributed by atoms with E-state index in [0.29, 0.717) is 43.1 Å². The fourth-order valence-electron chi connectivity index (χ4n) is 4.36. The predicted molar refractivity (Wildman–Crippen MR) is 130 cm³/mol. The van der Waals surface area contributed by atoms with Crippen LogP contribution in [0.1, 0.15) is 30.2 Å². The Hall–Kier alpha value is -2.90. The lowest BCUT2D eigenvalue weighted by Crippen LogP contribution is -2.45. The Morgan fingerprint density at radius 2 is 2.14 bits per heavy atom. The van der Waals surface area contributed by atoms with Gasteiger partial charge in [-0.15, -0.1) is 11.8 Å². The lowest BCUT2D eigenvalue weighted by atomic mass is 9.93. The number of pyridine rings is 1. The van der Waals surface area contributed by atoms with E-state index < -0.39 is 24.1 Å². The summed E-state index contributed by atoms with van der Waals surface area (Å²) < 4.78 is 25.6. The maximum Gasteiger partial charge on any atom is 0.235 e. The van der Waals surface area contributed by atoms with Gasteiger partial charge in [-0.1, -0.05) is 0 Å². The second-order valence-electron chi connectivity index (χ2n) is 8.69. The van der Waals surface area contributed by atoms with Crippen molar-refractivity contribution in [2.75, 3.05) is 24.8 Å². The molecule has 1 fully saturated rings. The van der Waals surface area contributed by atoms with Gasteiger partial charge in [0.25, 0.3) is 0 Å². The molecule has 12 heteroatoms.